The molecule has 0 spiro atoms. The number of rotatable bonds is 8. The number of ketones is 1. The minimum Gasteiger partial charge on any atom is -0.454 e. The molecule has 0 bridgehead atoms. The molecule has 144 valence electrons. The predicted molar refractivity (Wildman–Crippen MR) is 97.5 cm³/mol. The Bertz CT molecular complexity index is 925. The van der Waals surface area contributed by atoms with E-state index in [2.05, 4.69) is 4.72 Å². The molecule has 2 aromatic rings. The first kappa shape index (κ1) is 20.7. The number of benzene rings is 2. The minimum atomic E-state index is -3.68. The number of hydrogen-bond donors (Lipinski definition) is 1. The summed E-state index contributed by atoms with van der Waals surface area (Å²) in [5.41, 5.74) is -0.0818. The number of nitrogens with one attached hydrogen (secondary N) is 1. The second-order valence-electron chi connectivity index (χ2n) is 5.93. The van der Waals surface area contributed by atoms with Crippen LogP contribution >= 0.6 is 0 Å². The van der Waals surface area contributed by atoms with E-state index in [-0.39, 0.29) is 22.1 Å². The van der Waals surface area contributed by atoms with Crippen molar-refractivity contribution in [2.75, 3.05) is 6.61 Å². The Morgan fingerprint density at radius 1 is 1.11 bits per heavy atom. The van der Waals surface area contributed by atoms with Crippen LogP contribution in [-0.4, -0.2) is 32.8 Å². The Kier molecular flexibility index (Phi) is 6.81. The van der Waals surface area contributed by atoms with Gasteiger partial charge in [-0.25, -0.2) is 22.3 Å². The molecule has 0 aliphatic rings. The molecular weight excluding hydrogens is 373 g/mol. The topological polar surface area (TPSA) is 89.5 Å². The van der Waals surface area contributed by atoms with Crippen LogP contribution in [0, 0.1) is 5.82 Å². The molecule has 0 unspecified atom stereocenters. The molecule has 0 aromatic heterocycles. The van der Waals surface area contributed by atoms with Gasteiger partial charge in [0.25, 0.3) is 0 Å². The van der Waals surface area contributed by atoms with Gasteiger partial charge in [-0.3, -0.25) is 4.79 Å². The maximum atomic E-state index is 13.5. The van der Waals surface area contributed by atoms with E-state index >= 15 is 0 Å². The average Bonchev–Trinajstić information content (AvgIpc) is 2.65. The third kappa shape index (κ3) is 5.45. The molecular formula is C19H20FNO5S. The maximum absolute atomic E-state index is 13.5. The van der Waals surface area contributed by atoms with Crippen LogP contribution in [-0.2, 0) is 14.8 Å². The highest BCUT2D eigenvalue weighted by Crippen LogP contribution is 2.13. The second-order valence-corrected chi connectivity index (χ2v) is 7.65. The molecule has 8 heteroatoms. The van der Waals surface area contributed by atoms with Gasteiger partial charge in [0.15, 0.2) is 6.61 Å². The van der Waals surface area contributed by atoms with E-state index in [1.807, 2.05) is 6.92 Å². The fourth-order valence-electron chi connectivity index (χ4n) is 2.17. The summed E-state index contributed by atoms with van der Waals surface area (Å²) in [7, 11) is -3.68. The van der Waals surface area contributed by atoms with Gasteiger partial charge in [0.1, 0.15) is 5.82 Å². The van der Waals surface area contributed by atoms with Crippen LogP contribution in [0.1, 0.15) is 41.0 Å². The summed E-state index contributed by atoms with van der Waals surface area (Å²) >= 11 is 0. The molecule has 2 rings (SSSR count). The Hall–Kier alpha value is -2.58. The lowest BCUT2D eigenvalue weighted by Gasteiger charge is -2.12. The van der Waals surface area contributed by atoms with Crippen molar-refractivity contribution >= 4 is 21.8 Å². The molecule has 6 nitrogen and oxygen atoms in total. The molecule has 0 amide bonds. The lowest BCUT2D eigenvalue weighted by atomic mass is 10.1. The number of sulfonamides is 1. The van der Waals surface area contributed by atoms with E-state index in [1.54, 1.807) is 6.92 Å². The van der Waals surface area contributed by atoms with E-state index in [0.29, 0.717) is 6.42 Å². The molecule has 1 atom stereocenters. The summed E-state index contributed by atoms with van der Waals surface area (Å²) in [4.78, 5) is 23.9. The molecule has 1 N–H and O–H groups in total. The number of hydrogen-bond acceptors (Lipinski definition) is 5. The summed E-state index contributed by atoms with van der Waals surface area (Å²) in [6, 6.07) is 10.3. The summed E-state index contributed by atoms with van der Waals surface area (Å²) < 4.78 is 45.3. The second kappa shape index (κ2) is 8.88. The van der Waals surface area contributed by atoms with Crippen LogP contribution in [0.5, 0.6) is 0 Å². The number of Topliss-reactive ketones (excluding diaryl/α,β-unsaturated/α-hetero) is 1. The van der Waals surface area contributed by atoms with Crippen LogP contribution in [0.2, 0.25) is 0 Å². The van der Waals surface area contributed by atoms with E-state index in [9.17, 15) is 22.4 Å². The van der Waals surface area contributed by atoms with Gasteiger partial charge in [0.05, 0.1) is 16.0 Å². The predicted octanol–water partition coefficient (Wildman–Crippen LogP) is 2.94. The Morgan fingerprint density at radius 2 is 1.74 bits per heavy atom. The highest BCUT2D eigenvalue weighted by Gasteiger charge is 2.18. The van der Waals surface area contributed by atoms with Crippen molar-refractivity contribution in [1.82, 2.24) is 4.72 Å². The molecule has 0 saturated heterocycles. The standard InChI is InChI=1S/C19H20FNO5S/c1-3-13(2)21-27(24,25)15-10-8-14(9-11-15)19(23)26-12-18(22)16-6-4-5-7-17(16)20/h4-11,13,21H,3,12H2,1-2H3/t13-/m0/s1. The minimum absolute atomic E-state index is 0.0155. The van der Waals surface area contributed by atoms with Crippen molar-refractivity contribution in [3.8, 4) is 0 Å². The van der Waals surface area contributed by atoms with E-state index in [4.69, 9.17) is 4.74 Å². The summed E-state index contributed by atoms with van der Waals surface area (Å²) in [5.74, 6) is -2.17. The molecule has 2 aromatic carbocycles. The van der Waals surface area contributed by atoms with Gasteiger partial charge in [-0.05, 0) is 49.7 Å². The smallest absolute Gasteiger partial charge is 0.338 e. The number of carbonyl (C=O) groups is 2. The zero-order valence-corrected chi connectivity index (χ0v) is 15.8. The summed E-state index contributed by atoms with van der Waals surface area (Å²) in [6.45, 7) is 2.99. The lowest BCUT2D eigenvalue weighted by Crippen LogP contribution is -2.32. The van der Waals surface area contributed by atoms with Crippen molar-refractivity contribution in [2.45, 2.75) is 31.2 Å². The average molecular weight is 393 g/mol. The number of halogens is 1. The van der Waals surface area contributed by atoms with Crippen molar-refractivity contribution in [3.05, 3.63) is 65.5 Å². The van der Waals surface area contributed by atoms with Crippen molar-refractivity contribution < 1.29 is 27.1 Å². The largest absolute Gasteiger partial charge is 0.454 e. The molecule has 0 heterocycles. The molecule has 0 saturated carbocycles. The van der Waals surface area contributed by atoms with Gasteiger partial charge in [-0.2, -0.15) is 0 Å². The highest BCUT2D eigenvalue weighted by atomic mass is 32.2. The van der Waals surface area contributed by atoms with Gasteiger partial charge in [0.2, 0.25) is 15.8 Å². The number of ether oxygens (including phenoxy) is 1. The van der Waals surface area contributed by atoms with Crippen LogP contribution in [0.4, 0.5) is 4.39 Å². The Labute approximate surface area is 157 Å². The van der Waals surface area contributed by atoms with Crippen LogP contribution < -0.4 is 4.72 Å². The van der Waals surface area contributed by atoms with Crippen molar-refractivity contribution in [1.29, 1.82) is 0 Å². The van der Waals surface area contributed by atoms with Gasteiger partial charge in [-0.15, -0.1) is 0 Å². The van der Waals surface area contributed by atoms with Crippen molar-refractivity contribution in [3.63, 3.8) is 0 Å². The zero-order chi connectivity index (χ0) is 20.0. The van der Waals surface area contributed by atoms with Gasteiger partial charge in [0, 0.05) is 6.04 Å². The van der Waals surface area contributed by atoms with E-state index in [1.165, 1.54) is 42.5 Å². The first-order valence-corrected chi connectivity index (χ1v) is 9.80. The lowest BCUT2D eigenvalue weighted by molar-refractivity contribution is 0.0473. The highest BCUT2D eigenvalue weighted by molar-refractivity contribution is 7.89. The fourth-order valence-corrected chi connectivity index (χ4v) is 3.49. The summed E-state index contributed by atoms with van der Waals surface area (Å²) in [6.07, 6.45) is 0.639. The van der Waals surface area contributed by atoms with Gasteiger partial charge < -0.3 is 4.74 Å². The zero-order valence-electron chi connectivity index (χ0n) is 14.9. The molecule has 27 heavy (non-hydrogen) atoms. The molecule has 0 aliphatic heterocycles. The van der Waals surface area contributed by atoms with E-state index in [0.717, 1.165) is 6.07 Å². The van der Waals surface area contributed by atoms with Gasteiger partial charge in [-0.1, -0.05) is 19.1 Å². The monoisotopic (exact) mass is 393 g/mol. The van der Waals surface area contributed by atoms with Crippen LogP contribution in [0.15, 0.2) is 53.4 Å². The van der Waals surface area contributed by atoms with Gasteiger partial charge >= 0.3 is 5.97 Å². The third-order valence-electron chi connectivity index (χ3n) is 3.88. The third-order valence-corrected chi connectivity index (χ3v) is 5.48. The number of esters is 1. The molecule has 0 fully saturated rings. The van der Waals surface area contributed by atoms with Crippen molar-refractivity contribution in [2.24, 2.45) is 0 Å². The SMILES string of the molecule is CC[C@H](C)NS(=O)(=O)c1ccc(C(=O)OCC(=O)c2ccccc2F)cc1. The Balaban J connectivity index is 2.01. The van der Waals surface area contributed by atoms with E-state index < -0.39 is 34.2 Å². The quantitative estimate of drug-likeness (QED) is 0.550. The first-order valence-electron chi connectivity index (χ1n) is 8.32. The molecule has 0 radical (unpaired) electrons. The summed E-state index contributed by atoms with van der Waals surface area (Å²) in [5, 5.41) is 0. The molecule has 0 aliphatic carbocycles. The van der Waals surface area contributed by atoms with Crippen LogP contribution in [0.3, 0.4) is 0 Å². The maximum Gasteiger partial charge on any atom is 0.338 e. The fraction of sp³-hybridized carbons (Fsp3) is 0.263. The Morgan fingerprint density at radius 3 is 2.33 bits per heavy atom. The number of carbonyl (C=O) groups excluding carboxylic acids is 2. The normalized spacial score (nSPS) is 12.4. The first-order chi connectivity index (χ1) is 12.7. The van der Waals surface area contributed by atoms with Crippen LogP contribution in [0.25, 0.3) is 0 Å².